The molecule has 0 aliphatic rings. The van der Waals surface area contributed by atoms with E-state index in [2.05, 4.69) is 0 Å². The topological polar surface area (TPSA) is 49.7 Å². The van der Waals surface area contributed by atoms with E-state index in [9.17, 15) is 0 Å². The second-order valence-electron chi connectivity index (χ2n) is 3.81. The third-order valence-electron chi connectivity index (χ3n) is 2.57. The summed E-state index contributed by atoms with van der Waals surface area (Å²) in [5.74, 6) is 0.745. The molecule has 0 aromatic heterocycles. The van der Waals surface area contributed by atoms with Crippen LogP contribution in [0.4, 0.5) is 0 Å². The van der Waals surface area contributed by atoms with E-state index in [1.807, 2.05) is 24.3 Å². The third kappa shape index (κ3) is 3.04. The molecule has 0 unspecified atom stereocenters. The van der Waals surface area contributed by atoms with Crippen LogP contribution in [0, 0.1) is 0 Å². The number of hydrogen-bond acceptors (Lipinski definition) is 3. The van der Waals surface area contributed by atoms with Crippen LogP contribution in [0.1, 0.15) is 0 Å². The fourth-order valence-electron chi connectivity index (χ4n) is 1.67. The van der Waals surface area contributed by atoms with Crippen molar-refractivity contribution in [2.75, 3.05) is 6.61 Å². The summed E-state index contributed by atoms with van der Waals surface area (Å²) >= 11 is 5.40. The lowest BCUT2D eigenvalue weighted by Crippen LogP contribution is -2.29. The fraction of sp³-hybridized carbons (Fsp3) is 0.0769. The lowest BCUT2D eigenvalue weighted by atomic mass is 9.79. The van der Waals surface area contributed by atoms with Gasteiger partial charge >= 0.3 is 7.12 Å². The van der Waals surface area contributed by atoms with Crippen LogP contribution in [0.5, 0.6) is 5.75 Å². The van der Waals surface area contributed by atoms with Crippen molar-refractivity contribution in [1.29, 1.82) is 0 Å². The van der Waals surface area contributed by atoms with Gasteiger partial charge in [0.1, 0.15) is 12.4 Å². The van der Waals surface area contributed by atoms with Crippen LogP contribution in [0.25, 0.3) is 10.8 Å². The van der Waals surface area contributed by atoms with Crippen LogP contribution < -0.4 is 10.2 Å². The fourth-order valence-corrected chi connectivity index (χ4v) is 1.75. The zero-order valence-electron chi connectivity index (χ0n) is 9.58. The van der Waals surface area contributed by atoms with E-state index in [1.54, 1.807) is 18.2 Å². The maximum atomic E-state index is 9.09. The number of rotatable bonds is 4. The number of halogens is 1. The van der Waals surface area contributed by atoms with Gasteiger partial charge in [-0.2, -0.15) is 0 Å². The maximum Gasteiger partial charge on any atom is 0.488 e. The van der Waals surface area contributed by atoms with Crippen molar-refractivity contribution in [2.45, 2.75) is 0 Å². The average Bonchev–Trinajstić information content (AvgIpc) is 2.38. The molecule has 0 amide bonds. The maximum absolute atomic E-state index is 9.09. The molecule has 2 aromatic rings. The van der Waals surface area contributed by atoms with E-state index >= 15 is 0 Å². The van der Waals surface area contributed by atoms with Gasteiger partial charge < -0.3 is 14.8 Å². The predicted molar refractivity (Wildman–Crippen MR) is 74.3 cm³/mol. The second-order valence-corrected chi connectivity index (χ2v) is 4.07. The van der Waals surface area contributed by atoms with Crippen LogP contribution >= 0.6 is 11.6 Å². The first kappa shape index (κ1) is 13.0. The van der Waals surface area contributed by atoms with Gasteiger partial charge in [-0.15, -0.1) is 0 Å². The first-order valence-electron chi connectivity index (χ1n) is 5.48. The molecule has 0 saturated carbocycles. The highest BCUT2D eigenvalue weighted by Gasteiger charge is 2.10. The summed E-state index contributed by atoms with van der Waals surface area (Å²) in [6, 6.07) is 10.8. The Labute approximate surface area is 110 Å². The van der Waals surface area contributed by atoms with E-state index < -0.39 is 7.12 Å². The monoisotopic (exact) mass is 262 g/mol. The molecule has 0 aliphatic heterocycles. The van der Waals surface area contributed by atoms with Gasteiger partial charge in [0, 0.05) is 5.54 Å². The Bertz CT molecular complexity index is 569. The van der Waals surface area contributed by atoms with Crippen LogP contribution in [-0.2, 0) is 0 Å². The standard InChI is InChI=1S/C13H12BClO3/c15-6-1-7-18-13-5-3-10-8-12(14(16)17)4-2-11(10)9-13/h1-6,8-9,16-17H,7H2/b6-1+. The smallest absolute Gasteiger partial charge is 0.488 e. The Hall–Kier alpha value is -1.49. The summed E-state index contributed by atoms with van der Waals surface area (Å²) in [5.41, 5.74) is 1.89. The van der Waals surface area contributed by atoms with Crippen molar-refractivity contribution < 1.29 is 14.8 Å². The van der Waals surface area contributed by atoms with Crippen LogP contribution in [0.3, 0.4) is 0 Å². The summed E-state index contributed by atoms with van der Waals surface area (Å²) in [7, 11) is -1.45. The van der Waals surface area contributed by atoms with Crippen molar-refractivity contribution in [3.63, 3.8) is 0 Å². The van der Waals surface area contributed by atoms with Gasteiger partial charge in [-0.25, -0.2) is 0 Å². The van der Waals surface area contributed by atoms with Gasteiger partial charge in [-0.3, -0.25) is 0 Å². The molecule has 0 saturated heterocycles. The largest absolute Gasteiger partial charge is 0.489 e. The van der Waals surface area contributed by atoms with Gasteiger partial charge in [-0.05, 0) is 34.4 Å². The minimum atomic E-state index is -1.45. The molecule has 0 heterocycles. The molecule has 3 nitrogen and oxygen atoms in total. The molecule has 0 fully saturated rings. The van der Waals surface area contributed by atoms with Gasteiger partial charge in [0.15, 0.2) is 0 Å². The van der Waals surface area contributed by atoms with Crippen molar-refractivity contribution in [3.05, 3.63) is 48.0 Å². The number of benzene rings is 2. The minimum Gasteiger partial charge on any atom is -0.489 e. The summed E-state index contributed by atoms with van der Waals surface area (Å²) in [5, 5.41) is 20.1. The van der Waals surface area contributed by atoms with E-state index in [-0.39, 0.29) is 0 Å². The Morgan fingerprint density at radius 2 is 1.83 bits per heavy atom. The Kier molecular flexibility index (Phi) is 4.26. The summed E-state index contributed by atoms with van der Waals surface area (Å²) in [6.07, 6.45) is 1.71. The minimum absolute atomic E-state index is 0.419. The Balaban J connectivity index is 2.26. The molecular formula is C13H12BClO3. The molecule has 18 heavy (non-hydrogen) atoms. The van der Waals surface area contributed by atoms with E-state index in [4.69, 9.17) is 26.4 Å². The molecule has 0 aliphatic carbocycles. The Morgan fingerprint density at radius 1 is 1.11 bits per heavy atom. The first-order chi connectivity index (χ1) is 8.70. The highest BCUT2D eigenvalue weighted by molar-refractivity contribution is 6.58. The second kappa shape index (κ2) is 5.91. The zero-order chi connectivity index (χ0) is 13.0. The predicted octanol–water partition coefficient (Wildman–Crippen LogP) is 1.65. The average molecular weight is 263 g/mol. The molecule has 0 radical (unpaired) electrons. The lowest BCUT2D eigenvalue weighted by Gasteiger charge is -2.06. The highest BCUT2D eigenvalue weighted by Crippen LogP contribution is 2.20. The summed E-state index contributed by atoms with van der Waals surface area (Å²) < 4.78 is 5.46. The molecule has 2 aromatic carbocycles. The SMILES string of the molecule is OB(O)c1ccc2cc(OC/C=C/Cl)ccc2c1. The molecule has 2 N–H and O–H groups in total. The highest BCUT2D eigenvalue weighted by atomic mass is 35.5. The molecule has 0 bridgehead atoms. The normalized spacial score (nSPS) is 11.1. The molecule has 0 spiro atoms. The van der Waals surface area contributed by atoms with Crippen LogP contribution in [0.2, 0.25) is 0 Å². The summed E-state index contributed by atoms with van der Waals surface area (Å²) in [4.78, 5) is 0. The molecule has 0 atom stereocenters. The number of hydrogen-bond donors (Lipinski definition) is 2. The van der Waals surface area contributed by atoms with Crippen molar-refractivity contribution in [3.8, 4) is 5.75 Å². The van der Waals surface area contributed by atoms with Gasteiger partial charge in [0.05, 0.1) is 0 Å². The number of ether oxygens (including phenoxy) is 1. The van der Waals surface area contributed by atoms with Gasteiger partial charge in [0.25, 0.3) is 0 Å². The molecule has 92 valence electrons. The van der Waals surface area contributed by atoms with Crippen LogP contribution in [-0.4, -0.2) is 23.8 Å². The zero-order valence-corrected chi connectivity index (χ0v) is 10.3. The third-order valence-corrected chi connectivity index (χ3v) is 2.75. The first-order valence-corrected chi connectivity index (χ1v) is 5.92. The van der Waals surface area contributed by atoms with E-state index in [0.29, 0.717) is 12.1 Å². The quantitative estimate of drug-likeness (QED) is 0.824. The lowest BCUT2D eigenvalue weighted by molar-refractivity contribution is 0.363. The number of fused-ring (bicyclic) bond motifs is 1. The molecular weight excluding hydrogens is 250 g/mol. The van der Waals surface area contributed by atoms with E-state index in [0.717, 1.165) is 16.5 Å². The molecule has 5 heteroatoms. The Morgan fingerprint density at radius 3 is 2.56 bits per heavy atom. The van der Waals surface area contributed by atoms with Crippen molar-refractivity contribution in [1.82, 2.24) is 0 Å². The van der Waals surface area contributed by atoms with Gasteiger partial charge in [-0.1, -0.05) is 35.9 Å². The van der Waals surface area contributed by atoms with Crippen LogP contribution in [0.15, 0.2) is 48.0 Å². The van der Waals surface area contributed by atoms with Crippen molar-refractivity contribution >= 4 is 35.0 Å². The van der Waals surface area contributed by atoms with E-state index in [1.165, 1.54) is 5.54 Å². The molecule has 2 rings (SSSR count). The summed E-state index contributed by atoms with van der Waals surface area (Å²) in [6.45, 7) is 0.419. The van der Waals surface area contributed by atoms with Gasteiger partial charge in [0.2, 0.25) is 0 Å². The van der Waals surface area contributed by atoms with Crippen molar-refractivity contribution in [2.24, 2.45) is 0 Å².